The van der Waals surface area contributed by atoms with Crippen molar-refractivity contribution in [2.45, 2.75) is 25.7 Å². The van der Waals surface area contributed by atoms with Crippen LogP contribution in [-0.2, 0) is 11.4 Å². The maximum absolute atomic E-state index is 12.2. The van der Waals surface area contributed by atoms with Crippen LogP contribution in [0.3, 0.4) is 0 Å². The van der Waals surface area contributed by atoms with Crippen LogP contribution in [0.15, 0.2) is 54.6 Å². The van der Waals surface area contributed by atoms with Gasteiger partial charge in [0.1, 0.15) is 6.04 Å². The Bertz CT molecular complexity index is 922. The van der Waals surface area contributed by atoms with E-state index in [1.165, 1.54) is 12.4 Å². The zero-order valence-corrected chi connectivity index (χ0v) is 15.8. The van der Waals surface area contributed by atoms with Crippen molar-refractivity contribution in [3.63, 3.8) is 0 Å². The third-order valence-electron chi connectivity index (χ3n) is 4.05. The van der Waals surface area contributed by atoms with E-state index in [0.29, 0.717) is 5.56 Å². The average Bonchev–Trinajstić information content (AvgIpc) is 2.75. The number of hydrogen-bond acceptors (Lipinski definition) is 5. The van der Waals surface area contributed by atoms with E-state index in [0.717, 1.165) is 11.1 Å². The summed E-state index contributed by atoms with van der Waals surface area (Å²) in [7, 11) is 0. The van der Waals surface area contributed by atoms with Crippen LogP contribution in [0.25, 0.3) is 6.08 Å². The highest BCUT2D eigenvalue weighted by Gasteiger charge is 2.25. The monoisotopic (exact) mass is 394 g/mol. The van der Waals surface area contributed by atoms with Gasteiger partial charge in [-0.15, -0.1) is 0 Å². The van der Waals surface area contributed by atoms with Gasteiger partial charge in [-0.3, -0.25) is 14.8 Å². The van der Waals surface area contributed by atoms with Gasteiger partial charge in [0, 0.05) is 11.1 Å². The summed E-state index contributed by atoms with van der Waals surface area (Å²) in [5.41, 5.74) is 4.19. The van der Waals surface area contributed by atoms with Crippen molar-refractivity contribution < 1.29 is 25.0 Å². The third-order valence-corrected chi connectivity index (χ3v) is 4.05. The Hall–Kier alpha value is -3.44. The molecule has 0 aliphatic heterocycles. The molecule has 7 heteroatoms. The number of benzene rings is 2. The summed E-state index contributed by atoms with van der Waals surface area (Å²) in [6.07, 6.45) is 2.37. The maximum Gasteiger partial charge on any atom is 0.268 e. The second-order valence-electron chi connectivity index (χ2n) is 6.25. The van der Waals surface area contributed by atoms with Gasteiger partial charge >= 0.3 is 0 Å². The zero-order valence-electron chi connectivity index (χ0n) is 15.8. The summed E-state index contributed by atoms with van der Waals surface area (Å²) < 4.78 is 0. The molecule has 2 amide bonds. The number of rotatable bonds is 6. The highest BCUT2D eigenvalue weighted by Crippen LogP contribution is 2.07. The molecule has 150 valence electrons. The van der Waals surface area contributed by atoms with Crippen LogP contribution < -0.4 is 10.8 Å². The summed E-state index contributed by atoms with van der Waals surface area (Å²) in [4.78, 5) is 23.7. The second kappa shape index (κ2) is 10.8. The van der Waals surface area contributed by atoms with Gasteiger partial charge in [-0.1, -0.05) is 36.1 Å². The van der Waals surface area contributed by atoms with Crippen molar-refractivity contribution in [2.24, 2.45) is 0 Å². The lowest BCUT2D eigenvalue weighted by Gasteiger charge is -2.19. The van der Waals surface area contributed by atoms with Gasteiger partial charge < -0.3 is 15.5 Å². The van der Waals surface area contributed by atoms with Crippen LogP contribution in [-0.4, -0.2) is 39.4 Å². The van der Waals surface area contributed by atoms with Crippen LogP contribution in [0.2, 0.25) is 0 Å². The predicted octanol–water partition coefficient (Wildman–Crippen LogP) is 1.23. The number of hydrogen-bond donors (Lipinski definition) is 5. The topological polar surface area (TPSA) is 119 Å². The van der Waals surface area contributed by atoms with E-state index < -0.39 is 24.0 Å². The highest BCUT2D eigenvalue weighted by molar-refractivity contribution is 5.97. The van der Waals surface area contributed by atoms with Crippen molar-refractivity contribution in [1.82, 2.24) is 10.8 Å². The summed E-state index contributed by atoms with van der Waals surface area (Å²) in [5, 5.41) is 29.6. The Morgan fingerprint density at radius 3 is 2.31 bits per heavy atom. The van der Waals surface area contributed by atoms with E-state index in [1.807, 2.05) is 30.3 Å². The van der Waals surface area contributed by atoms with Crippen molar-refractivity contribution in [3.8, 4) is 11.8 Å². The van der Waals surface area contributed by atoms with E-state index in [2.05, 4.69) is 17.2 Å². The second-order valence-corrected chi connectivity index (χ2v) is 6.25. The highest BCUT2D eigenvalue weighted by atomic mass is 16.5. The van der Waals surface area contributed by atoms with Crippen molar-refractivity contribution in [1.29, 1.82) is 0 Å². The van der Waals surface area contributed by atoms with Crippen LogP contribution in [0.5, 0.6) is 0 Å². The van der Waals surface area contributed by atoms with Gasteiger partial charge in [0.25, 0.3) is 11.8 Å². The van der Waals surface area contributed by atoms with E-state index in [-0.39, 0.29) is 12.2 Å². The van der Waals surface area contributed by atoms with Crippen molar-refractivity contribution in [3.05, 3.63) is 76.9 Å². The molecule has 0 unspecified atom stereocenters. The molecule has 0 radical (unpaired) electrons. The Balaban J connectivity index is 1.99. The number of aliphatic hydroxyl groups is 2. The Morgan fingerprint density at radius 1 is 1.10 bits per heavy atom. The maximum atomic E-state index is 12.2. The van der Waals surface area contributed by atoms with Gasteiger partial charge in [0.2, 0.25) is 0 Å². The quantitative estimate of drug-likeness (QED) is 0.287. The van der Waals surface area contributed by atoms with Gasteiger partial charge in [-0.25, -0.2) is 5.48 Å². The molecule has 0 aliphatic carbocycles. The van der Waals surface area contributed by atoms with E-state index in [1.54, 1.807) is 30.3 Å². The molecule has 0 aliphatic rings. The van der Waals surface area contributed by atoms with Gasteiger partial charge in [-0.05, 0) is 54.5 Å². The molecule has 5 N–H and O–H groups in total. The molecule has 2 rings (SSSR count). The van der Waals surface area contributed by atoms with E-state index >= 15 is 0 Å². The lowest BCUT2D eigenvalue weighted by atomic mass is 10.1. The van der Waals surface area contributed by atoms with Crippen LogP contribution in [0.4, 0.5) is 0 Å². The molecule has 0 saturated heterocycles. The first kappa shape index (κ1) is 21.9. The molecule has 0 fully saturated rings. The Kier molecular flexibility index (Phi) is 8.12. The smallest absolute Gasteiger partial charge is 0.268 e. The molecule has 0 heterocycles. The van der Waals surface area contributed by atoms with Crippen molar-refractivity contribution >= 4 is 17.9 Å². The average molecular weight is 394 g/mol. The minimum absolute atomic E-state index is 0.00608. The lowest BCUT2D eigenvalue weighted by Crippen LogP contribution is -2.51. The van der Waals surface area contributed by atoms with Gasteiger partial charge in [0.05, 0.1) is 12.7 Å². The Morgan fingerprint density at radius 2 is 1.76 bits per heavy atom. The lowest BCUT2D eigenvalue weighted by molar-refractivity contribution is -0.133. The summed E-state index contributed by atoms with van der Waals surface area (Å²) in [6.45, 7) is 1.33. The number of hydroxylamine groups is 1. The minimum atomic E-state index is -1.27. The number of nitrogens with one attached hydrogen (secondary N) is 2. The molecule has 0 aromatic heterocycles. The van der Waals surface area contributed by atoms with Crippen LogP contribution in [0, 0.1) is 11.8 Å². The zero-order chi connectivity index (χ0) is 21.2. The van der Waals surface area contributed by atoms with Gasteiger partial charge in [-0.2, -0.15) is 0 Å². The number of amides is 2. The molecule has 2 aromatic rings. The molecule has 0 bridgehead atoms. The number of aliphatic hydroxyl groups excluding tert-OH is 2. The van der Waals surface area contributed by atoms with Crippen LogP contribution in [0.1, 0.15) is 34.0 Å². The minimum Gasteiger partial charge on any atom is -0.392 e. The number of carbonyl (C=O) groups is 2. The molecule has 7 nitrogen and oxygen atoms in total. The fraction of sp³-hybridized carbons (Fsp3) is 0.182. The summed E-state index contributed by atoms with van der Waals surface area (Å²) in [5.74, 6) is 4.37. The SMILES string of the molecule is C[C@@H](O)[C@H](NC(=O)c1ccc(C#CC=Cc2ccc(CO)cc2)cc1)C(=O)NO. The van der Waals surface area contributed by atoms with E-state index in [4.69, 9.17) is 10.3 Å². The number of carbonyl (C=O) groups excluding carboxylic acids is 2. The Labute approximate surface area is 168 Å². The standard InChI is InChI=1S/C22H22N2O5/c1-15(26)20(22(28)24-29)23-21(27)19-12-10-17(11-13-19)5-3-2-4-16-6-8-18(14-25)9-7-16/h2,4,6-13,15,20,25-26,29H,14H2,1H3,(H,23,27)(H,24,28)/t15-,20+/m1/s1. The summed E-state index contributed by atoms with van der Waals surface area (Å²) >= 11 is 0. The molecule has 0 saturated carbocycles. The molecule has 0 spiro atoms. The fourth-order valence-electron chi connectivity index (χ4n) is 2.40. The largest absolute Gasteiger partial charge is 0.392 e. The first-order valence-electron chi connectivity index (χ1n) is 8.85. The molecule has 29 heavy (non-hydrogen) atoms. The molecular weight excluding hydrogens is 372 g/mol. The summed E-state index contributed by atoms with van der Waals surface area (Å²) in [6, 6.07) is 12.6. The fourth-order valence-corrected chi connectivity index (χ4v) is 2.40. The first-order chi connectivity index (χ1) is 13.9. The van der Waals surface area contributed by atoms with E-state index in [9.17, 15) is 14.7 Å². The third kappa shape index (κ3) is 6.59. The van der Waals surface area contributed by atoms with Crippen molar-refractivity contribution in [2.75, 3.05) is 0 Å². The normalized spacial score (nSPS) is 12.6. The number of allylic oxidation sites excluding steroid dienone is 1. The molecular formula is C22H22N2O5. The molecule has 2 aromatic carbocycles. The first-order valence-corrected chi connectivity index (χ1v) is 8.85. The van der Waals surface area contributed by atoms with Crippen LogP contribution >= 0.6 is 0 Å². The molecule has 2 atom stereocenters. The van der Waals surface area contributed by atoms with Gasteiger partial charge in [0.15, 0.2) is 0 Å². The predicted molar refractivity (Wildman–Crippen MR) is 108 cm³/mol.